The van der Waals surface area contributed by atoms with Gasteiger partial charge in [-0.1, -0.05) is 0 Å². The highest BCUT2D eigenvalue weighted by molar-refractivity contribution is 6.16. The number of carbonyl (C=O) groups is 2. The monoisotopic (exact) mass is 268 g/mol. The molecule has 6 heteroatoms. The van der Waals surface area contributed by atoms with Crippen LogP contribution in [0.4, 0.5) is 4.39 Å². The second-order valence-corrected chi connectivity index (χ2v) is 3.61. The third-order valence-electron chi connectivity index (χ3n) is 2.22. The molecule has 0 saturated heterocycles. The van der Waals surface area contributed by atoms with Gasteiger partial charge in [0.25, 0.3) is 0 Å². The highest BCUT2D eigenvalue weighted by Gasteiger charge is 2.21. The predicted octanol–water partition coefficient (Wildman–Crippen LogP) is 1.78. The molecule has 19 heavy (non-hydrogen) atoms. The van der Waals surface area contributed by atoms with Gasteiger partial charge in [-0.3, -0.25) is 4.79 Å². The molecule has 1 aromatic carbocycles. The highest BCUT2D eigenvalue weighted by Crippen LogP contribution is 2.13. The maximum atomic E-state index is 12.7. The van der Waals surface area contributed by atoms with Crippen LogP contribution in [0.3, 0.4) is 0 Å². The summed E-state index contributed by atoms with van der Waals surface area (Å²) in [6, 6.07) is 5.08. The van der Waals surface area contributed by atoms with E-state index >= 15 is 0 Å². The topological polar surface area (TPSA) is 72.8 Å². The Morgan fingerprint density at radius 2 is 1.84 bits per heavy atom. The van der Waals surface area contributed by atoms with Crippen molar-refractivity contribution in [3.05, 3.63) is 41.4 Å². The summed E-state index contributed by atoms with van der Waals surface area (Å²) in [5, 5.41) is 9.66. The Bertz CT molecular complexity index is 504. The molecule has 0 amide bonds. The third kappa shape index (κ3) is 4.09. The van der Waals surface area contributed by atoms with Crippen LogP contribution in [0, 0.1) is 5.82 Å². The summed E-state index contributed by atoms with van der Waals surface area (Å²) in [6.07, 6.45) is 0. The molecule has 0 heterocycles. The number of carbonyl (C=O) groups excluding carboxylic acids is 2. The minimum Gasteiger partial charge on any atom is -0.508 e. The largest absolute Gasteiger partial charge is 0.508 e. The van der Waals surface area contributed by atoms with E-state index < -0.39 is 35.5 Å². The van der Waals surface area contributed by atoms with E-state index in [0.29, 0.717) is 5.75 Å². The smallest absolute Gasteiger partial charge is 0.345 e. The summed E-state index contributed by atoms with van der Waals surface area (Å²) in [5.74, 6) is -2.24. The molecule has 1 aromatic rings. The molecule has 0 unspecified atom stereocenters. The zero-order valence-corrected chi connectivity index (χ0v) is 10.5. The standard InChI is InChI=1S/C13H13FO5/c1-8(15)12(13(17)18-2)11(16)7-19-10-5-3-9(14)4-6-10/h3-6,16H,7H2,1-2H3. The van der Waals surface area contributed by atoms with Crippen molar-refractivity contribution >= 4 is 11.8 Å². The second kappa shape index (κ2) is 6.53. The van der Waals surface area contributed by atoms with Gasteiger partial charge in [0.2, 0.25) is 0 Å². The Kier molecular flexibility index (Phi) is 5.05. The van der Waals surface area contributed by atoms with E-state index in [1.54, 1.807) is 0 Å². The summed E-state index contributed by atoms with van der Waals surface area (Å²) in [7, 11) is 1.10. The van der Waals surface area contributed by atoms with Gasteiger partial charge in [0.15, 0.2) is 5.78 Å². The molecule has 0 aromatic heterocycles. The summed E-state index contributed by atoms with van der Waals surface area (Å²) < 4.78 is 22.1. The van der Waals surface area contributed by atoms with Gasteiger partial charge in [-0.05, 0) is 31.2 Å². The molecule has 0 radical (unpaired) electrons. The van der Waals surface area contributed by atoms with E-state index in [9.17, 15) is 19.1 Å². The van der Waals surface area contributed by atoms with E-state index in [2.05, 4.69) is 4.74 Å². The number of aliphatic hydroxyl groups is 1. The molecule has 0 spiro atoms. The lowest BCUT2D eigenvalue weighted by Crippen LogP contribution is -2.17. The molecule has 1 N–H and O–H groups in total. The predicted molar refractivity (Wildman–Crippen MR) is 64.2 cm³/mol. The molecular weight excluding hydrogens is 255 g/mol. The number of Topliss-reactive ketones (excluding diaryl/α,β-unsaturated/α-hetero) is 1. The van der Waals surface area contributed by atoms with Crippen molar-refractivity contribution in [1.29, 1.82) is 0 Å². The Balaban J connectivity index is 2.81. The SMILES string of the molecule is COC(=O)C(C(C)=O)=C(O)COc1ccc(F)cc1. The van der Waals surface area contributed by atoms with Gasteiger partial charge in [0, 0.05) is 0 Å². The van der Waals surface area contributed by atoms with Gasteiger partial charge in [-0.2, -0.15) is 0 Å². The zero-order valence-electron chi connectivity index (χ0n) is 10.5. The quantitative estimate of drug-likeness (QED) is 0.290. The van der Waals surface area contributed by atoms with Crippen LogP contribution in [0.2, 0.25) is 0 Å². The molecule has 0 bridgehead atoms. The van der Waals surface area contributed by atoms with Crippen molar-refractivity contribution in [3.63, 3.8) is 0 Å². The molecule has 5 nitrogen and oxygen atoms in total. The van der Waals surface area contributed by atoms with Crippen LogP contribution in [0.25, 0.3) is 0 Å². The molecule has 1 rings (SSSR count). The lowest BCUT2D eigenvalue weighted by Gasteiger charge is -2.08. The van der Waals surface area contributed by atoms with Gasteiger partial charge in [-0.25, -0.2) is 9.18 Å². The van der Waals surface area contributed by atoms with Gasteiger partial charge < -0.3 is 14.6 Å². The molecule has 102 valence electrons. The Morgan fingerprint density at radius 1 is 1.26 bits per heavy atom. The fourth-order valence-electron chi connectivity index (χ4n) is 1.32. The van der Waals surface area contributed by atoms with Crippen LogP contribution in [-0.2, 0) is 14.3 Å². The van der Waals surface area contributed by atoms with E-state index in [-0.39, 0.29) is 0 Å². The lowest BCUT2D eigenvalue weighted by atomic mass is 10.1. The number of hydrogen-bond donors (Lipinski definition) is 1. The summed E-state index contributed by atoms with van der Waals surface area (Å²) in [4.78, 5) is 22.5. The Morgan fingerprint density at radius 3 is 2.32 bits per heavy atom. The van der Waals surface area contributed by atoms with E-state index in [1.807, 2.05) is 0 Å². The van der Waals surface area contributed by atoms with Crippen LogP contribution >= 0.6 is 0 Å². The maximum Gasteiger partial charge on any atom is 0.345 e. The van der Waals surface area contributed by atoms with Gasteiger partial charge in [0.1, 0.15) is 29.5 Å². The first-order valence-electron chi connectivity index (χ1n) is 5.35. The van der Waals surface area contributed by atoms with Crippen LogP contribution in [0.5, 0.6) is 5.75 Å². The normalized spacial score (nSPS) is 11.5. The maximum absolute atomic E-state index is 12.7. The van der Waals surface area contributed by atoms with Crippen LogP contribution < -0.4 is 4.74 Å². The van der Waals surface area contributed by atoms with Crippen molar-refractivity contribution < 1.29 is 28.6 Å². The van der Waals surface area contributed by atoms with Crippen molar-refractivity contribution in [3.8, 4) is 5.75 Å². The summed E-state index contributed by atoms with van der Waals surface area (Å²) >= 11 is 0. The number of methoxy groups -OCH3 is 1. The van der Waals surface area contributed by atoms with Crippen LogP contribution in [0.1, 0.15) is 6.92 Å². The number of halogens is 1. The molecule has 0 aliphatic heterocycles. The summed E-state index contributed by atoms with van der Waals surface area (Å²) in [5.41, 5.74) is -0.468. The highest BCUT2D eigenvalue weighted by atomic mass is 19.1. The first kappa shape index (κ1) is 14.7. The summed E-state index contributed by atoms with van der Waals surface area (Å²) in [6.45, 7) is 0.732. The molecule has 0 atom stereocenters. The number of aliphatic hydroxyl groups excluding tert-OH is 1. The number of ketones is 1. The average Bonchev–Trinajstić information content (AvgIpc) is 2.37. The minimum atomic E-state index is -0.937. The molecule has 0 fully saturated rings. The van der Waals surface area contributed by atoms with E-state index in [4.69, 9.17) is 4.74 Å². The first-order valence-corrected chi connectivity index (χ1v) is 5.35. The van der Waals surface area contributed by atoms with Crippen molar-refractivity contribution in [2.75, 3.05) is 13.7 Å². The van der Waals surface area contributed by atoms with Gasteiger partial charge in [-0.15, -0.1) is 0 Å². The zero-order chi connectivity index (χ0) is 14.4. The van der Waals surface area contributed by atoms with E-state index in [1.165, 1.54) is 24.3 Å². The molecule has 0 aliphatic carbocycles. The number of hydrogen-bond acceptors (Lipinski definition) is 5. The average molecular weight is 268 g/mol. The first-order chi connectivity index (χ1) is 8.95. The number of esters is 1. The lowest BCUT2D eigenvalue weighted by molar-refractivity contribution is -0.137. The fraction of sp³-hybridized carbons (Fsp3) is 0.231. The van der Waals surface area contributed by atoms with Crippen LogP contribution in [-0.4, -0.2) is 30.6 Å². The van der Waals surface area contributed by atoms with Crippen molar-refractivity contribution in [2.24, 2.45) is 0 Å². The van der Waals surface area contributed by atoms with Gasteiger partial charge in [0.05, 0.1) is 7.11 Å². The van der Waals surface area contributed by atoms with E-state index in [0.717, 1.165) is 14.0 Å². The van der Waals surface area contributed by atoms with Crippen molar-refractivity contribution in [2.45, 2.75) is 6.92 Å². The number of rotatable bonds is 5. The second-order valence-electron chi connectivity index (χ2n) is 3.61. The Labute approximate surface area is 109 Å². The molecule has 0 aliphatic rings. The number of benzene rings is 1. The minimum absolute atomic E-state index is 0.292. The fourth-order valence-corrected chi connectivity index (χ4v) is 1.32. The van der Waals surface area contributed by atoms with Gasteiger partial charge >= 0.3 is 5.97 Å². The van der Waals surface area contributed by atoms with Crippen molar-refractivity contribution in [1.82, 2.24) is 0 Å². The third-order valence-corrected chi connectivity index (χ3v) is 2.22. The number of ether oxygens (including phenoxy) is 2. The van der Waals surface area contributed by atoms with Crippen LogP contribution in [0.15, 0.2) is 35.6 Å². The molecule has 0 saturated carbocycles. The Hall–Kier alpha value is -2.37. The molecular formula is C13H13FO5.